The van der Waals surface area contributed by atoms with Crippen LogP contribution in [0.2, 0.25) is 0 Å². The number of benzene rings is 1. The van der Waals surface area contributed by atoms with Crippen molar-refractivity contribution in [3.63, 3.8) is 0 Å². The van der Waals surface area contributed by atoms with Crippen molar-refractivity contribution < 1.29 is 18.8 Å². The van der Waals surface area contributed by atoms with Crippen LogP contribution < -0.4 is 21.2 Å². The van der Waals surface area contributed by atoms with E-state index in [0.717, 1.165) is 24.9 Å². The third-order valence-electron chi connectivity index (χ3n) is 4.12. The highest BCUT2D eigenvalue weighted by molar-refractivity contribution is 6.31. The van der Waals surface area contributed by atoms with Gasteiger partial charge in [0, 0.05) is 30.2 Å². The van der Waals surface area contributed by atoms with Crippen LogP contribution >= 0.6 is 0 Å². The molecular formula is C18H17N3O5. The number of amides is 4. The Morgan fingerprint density at radius 2 is 1.65 bits per heavy atom. The Morgan fingerprint density at radius 3 is 2.27 bits per heavy atom. The molecule has 0 spiro atoms. The van der Waals surface area contributed by atoms with E-state index in [2.05, 4.69) is 4.90 Å². The average Bonchev–Trinajstić information content (AvgIpc) is 2.59. The van der Waals surface area contributed by atoms with Crippen molar-refractivity contribution in [3.8, 4) is 0 Å². The molecule has 134 valence electrons. The lowest BCUT2D eigenvalue weighted by Crippen LogP contribution is -2.51. The minimum absolute atomic E-state index is 0.0442. The second-order valence-electron chi connectivity index (χ2n) is 5.68. The minimum atomic E-state index is -0.897. The zero-order chi connectivity index (χ0) is 18.8. The zero-order valence-electron chi connectivity index (χ0n) is 14.3. The molecule has 3 rings (SSSR count). The highest BCUT2D eigenvalue weighted by atomic mass is 16.4. The molecule has 1 saturated heterocycles. The van der Waals surface area contributed by atoms with E-state index in [1.807, 2.05) is 30.5 Å². The molecule has 1 aliphatic heterocycles. The molecule has 0 saturated carbocycles. The van der Waals surface area contributed by atoms with E-state index in [4.69, 9.17) is 4.42 Å². The number of imide groups is 2. The van der Waals surface area contributed by atoms with Crippen molar-refractivity contribution in [3.05, 3.63) is 45.8 Å². The summed E-state index contributed by atoms with van der Waals surface area (Å²) in [5, 5.41) is 4.56. The number of barbiturate groups is 1. The van der Waals surface area contributed by atoms with Gasteiger partial charge in [-0.05, 0) is 38.1 Å². The SMILES string of the molecule is CCN(CC)c1ccc2cc(C=C3C(=O)NC(=O)NC3=O)c(=O)oc2c1. The van der Waals surface area contributed by atoms with Gasteiger partial charge in [-0.15, -0.1) is 0 Å². The van der Waals surface area contributed by atoms with E-state index < -0.39 is 23.5 Å². The van der Waals surface area contributed by atoms with Gasteiger partial charge in [0.25, 0.3) is 11.8 Å². The van der Waals surface area contributed by atoms with Crippen molar-refractivity contribution in [2.45, 2.75) is 13.8 Å². The van der Waals surface area contributed by atoms with E-state index in [1.54, 1.807) is 12.1 Å². The van der Waals surface area contributed by atoms with Gasteiger partial charge in [0.1, 0.15) is 11.2 Å². The van der Waals surface area contributed by atoms with E-state index in [-0.39, 0.29) is 11.1 Å². The van der Waals surface area contributed by atoms with Crippen LogP contribution in [0.3, 0.4) is 0 Å². The summed E-state index contributed by atoms with van der Waals surface area (Å²) in [6.45, 7) is 5.70. The molecule has 0 unspecified atom stereocenters. The fourth-order valence-corrected chi connectivity index (χ4v) is 2.76. The summed E-state index contributed by atoms with van der Waals surface area (Å²) in [6, 6.07) is 6.13. The van der Waals surface area contributed by atoms with Crippen LogP contribution in [0, 0.1) is 0 Å². The molecular weight excluding hydrogens is 338 g/mol. The smallest absolute Gasteiger partial charge is 0.343 e. The first kappa shape index (κ1) is 17.4. The number of nitrogens with zero attached hydrogens (tertiary/aromatic N) is 1. The summed E-state index contributed by atoms with van der Waals surface area (Å²) >= 11 is 0. The Bertz CT molecular complexity index is 980. The lowest BCUT2D eigenvalue weighted by Gasteiger charge is -2.21. The van der Waals surface area contributed by atoms with Crippen molar-refractivity contribution in [1.82, 2.24) is 10.6 Å². The maximum Gasteiger partial charge on any atom is 0.343 e. The van der Waals surface area contributed by atoms with Crippen LogP contribution in [0.4, 0.5) is 10.5 Å². The quantitative estimate of drug-likeness (QED) is 0.487. The molecule has 0 aliphatic carbocycles. The van der Waals surface area contributed by atoms with Gasteiger partial charge in [0.05, 0.1) is 5.56 Å². The molecule has 1 aliphatic rings. The molecule has 0 radical (unpaired) electrons. The number of carbonyl (C=O) groups excluding carboxylic acids is 3. The molecule has 8 nitrogen and oxygen atoms in total. The van der Waals surface area contributed by atoms with Gasteiger partial charge >= 0.3 is 11.7 Å². The molecule has 0 atom stereocenters. The number of urea groups is 1. The molecule has 4 amide bonds. The predicted octanol–water partition coefficient (Wildman–Crippen LogP) is 1.39. The largest absolute Gasteiger partial charge is 0.422 e. The van der Waals surface area contributed by atoms with Gasteiger partial charge in [-0.2, -0.15) is 0 Å². The van der Waals surface area contributed by atoms with Crippen LogP contribution in [-0.2, 0) is 9.59 Å². The van der Waals surface area contributed by atoms with E-state index in [0.29, 0.717) is 11.0 Å². The number of rotatable bonds is 4. The second-order valence-corrected chi connectivity index (χ2v) is 5.68. The number of anilines is 1. The number of fused-ring (bicyclic) bond motifs is 1. The second kappa shape index (κ2) is 6.83. The van der Waals surface area contributed by atoms with Gasteiger partial charge in [0.15, 0.2) is 0 Å². The predicted molar refractivity (Wildman–Crippen MR) is 95.7 cm³/mol. The third-order valence-corrected chi connectivity index (χ3v) is 4.12. The van der Waals surface area contributed by atoms with Crippen LogP contribution in [0.15, 0.2) is 39.1 Å². The van der Waals surface area contributed by atoms with Crippen molar-refractivity contribution in [2.75, 3.05) is 18.0 Å². The Balaban J connectivity index is 2.04. The molecule has 1 fully saturated rings. The summed E-state index contributed by atoms with van der Waals surface area (Å²) in [5.41, 5.74) is 0.369. The Hall–Kier alpha value is -3.42. The van der Waals surface area contributed by atoms with Gasteiger partial charge < -0.3 is 9.32 Å². The summed E-state index contributed by atoms with van der Waals surface area (Å²) in [7, 11) is 0. The number of hydrogen-bond donors (Lipinski definition) is 2. The van der Waals surface area contributed by atoms with E-state index >= 15 is 0 Å². The fraction of sp³-hybridized carbons (Fsp3) is 0.222. The highest BCUT2D eigenvalue weighted by Crippen LogP contribution is 2.22. The summed E-state index contributed by atoms with van der Waals surface area (Å²) < 4.78 is 5.35. The van der Waals surface area contributed by atoms with Crippen LogP contribution in [0.25, 0.3) is 17.0 Å². The summed E-state index contributed by atoms with van der Waals surface area (Å²) in [4.78, 5) is 49.0. The normalized spacial score (nSPS) is 14.2. The lowest BCUT2D eigenvalue weighted by atomic mass is 10.1. The van der Waals surface area contributed by atoms with Gasteiger partial charge in [-0.1, -0.05) is 0 Å². The monoisotopic (exact) mass is 355 g/mol. The summed E-state index contributed by atoms with van der Waals surface area (Å²) in [6.07, 6.45) is 1.11. The van der Waals surface area contributed by atoms with Gasteiger partial charge in [-0.25, -0.2) is 9.59 Å². The van der Waals surface area contributed by atoms with Crippen LogP contribution in [0.5, 0.6) is 0 Å². The maximum absolute atomic E-state index is 12.2. The standard InChI is InChI=1S/C18H17N3O5/c1-3-21(4-2)12-6-5-10-7-11(17(24)26-14(10)9-12)8-13-15(22)19-18(25)20-16(13)23/h5-9H,3-4H2,1-2H3,(H2,19,20,22,23,25). The number of carbonyl (C=O) groups is 3. The number of hydrogen-bond acceptors (Lipinski definition) is 6. The van der Waals surface area contributed by atoms with Gasteiger partial charge in [0.2, 0.25) is 0 Å². The molecule has 2 N–H and O–H groups in total. The molecule has 26 heavy (non-hydrogen) atoms. The molecule has 2 heterocycles. The van der Waals surface area contributed by atoms with Crippen molar-refractivity contribution >= 4 is 40.6 Å². The van der Waals surface area contributed by atoms with Crippen molar-refractivity contribution in [2.24, 2.45) is 0 Å². The zero-order valence-corrected chi connectivity index (χ0v) is 14.3. The first-order chi connectivity index (χ1) is 12.4. The Morgan fingerprint density at radius 1 is 1.00 bits per heavy atom. The maximum atomic E-state index is 12.2. The first-order valence-corrected chi connectivity index (χ1v) is 8.14. The average molecular weight is 355 g/mol. The molecule has 8 heteroatoms. The molecule has 2 aromatic rings. The molecule has 1 aromatic carbocycles. The lowest BCUT2D eigenvalue weighted by molar-refractivity contribution is -0.123. The summed E-state index contributed by atoms with van der Waals surface area (Å²) in [5.74, 6) is -1.73. The fourth-order valence-electron chi connectivity index (χ4n) is 2.76. The van der Waals surface area contributed by atoms with Crippen LogP contribution in [-0.4, -0.2) is 30.9 Å². The van der Waals surface area contributed by atoms with Crippen molar-refractivity contribution in [1.29, 1.82) is 0 Å². The van der Waals surface area contributed by atoms with E-state index in [1.165, 1.54) is 6.07 Å². The minimum Gasteiger partial charge on any atom is -0.422 e. The van der Waals surface area contributed by atoms with Crippen LogP contribution in [0.1, 0.15) is 19.4 Å². The Kier molecular flexibility index (Phi) is 4.57. The first-order valence-electron chi connectivity index (χ1n) is 8.14. The third kappa shape index (κ3) is 3.21. The Labute approximate surface area is 148 Å². The van der Waals surface area contributed by atoms with Gasteiger partial charge in [-0.3, -0.25) is 20.2 Å². The topological polar surface area (TPSA) is 109 Å². The molecule has 1 aromatic heterocycles. The van der Waals surface area contributed by atoms with E-state index in [9.17, 15) is 19.2 Å². The highest BCUT2D eigenvalue weighted by Gasteiger charge is 2.28. The number of nitrogens with one attached hydrogen (secondary N) is 2. The molecule has 0 bridgehead atoms.